The van der Waals surface area contributed by atoms with Gasteiger partial charge in [-0.25, -0.2) is 13.6 Å². The maximum absolute atomic E-state index is 15.1. The first-order valence-electron chi connectivity index (χ1n) is 11.4. The van der Waals surface area contributed by atoms with Crippen LogP contribution in [-0.2, 0) is 22.6 Å². The van der Waals surface area contributed by atoms with Crippen molar-refractivity contribution in [2.45, 2.75) is 38.1 Å². The van der Waals surface area contributed by atoms with Crippen LogP contribution in [0.3, 0.4) is 0 Å². The highest BCUT2D eigenvalue weighted by atomic mass is 19.1. The maximum Gasteiger partial charge on any atom is 0.415 e. The molecule has 1 aromatic heterocycles. The molecule has 2 amide bonds. The molecule has 5 rings (SSSR count). The van der Waals surface area contributed by atoms with Crippen LogP contribution in [0.5, 0.6) is 0 Å². The van der Waals surface area contributed by atoms with Crippen molar-refractivity contribution in [3.05, 3.63) is 78.3 Å². The van der Waals surface area contributed by atoms with Crippen molar-refractivity contribution in [2.24, 2.45) is 0 Å². The summed E-state index contributed by atoms with van der Waals surface area (Å²) in [5, 5.41) is 13.1. The molecule has 0 bridgehead atoms. The summed E-state index contributed by atoms with van der Waals surface area (Å²) in [6, 6.07) is 8.82. The Bertz CT molecular complexity index is 1290. The van der Waals surface area contributed by atoms with Gasteiger partial charge in [0.2, 0.25) is 5.91 Å². The molecule has 1 unspecified atom stereocenters. The molecule has 1 aliphatic heterocycles. The van der Waals surface area contributed by atoms with Gasteiger partial charge in [-0.1, -0.05) is 30.8 Å². The molecule has 36 heavy (non-hydrogen) atoms. The van der Waals surface area contributed by atoms with Crippen LogP contribution in [-0.4, -0.2) is 50.5 Å². The SMILES string of the molecule is C=CN(Cc1ccc(-c2c(F)cc(N3CC4(C[C@H]4NC(C)=O)OC3=O)cc2F)cc1)Cc1cn[nH]n1. The van der Waals surface area contributed by atoms with Gasteiger partial charge in [0, 0.05) is 19.9 Å². The van der Waals surface area contributed by atoms with Crippen LogP contribution >= 0.6 is 0 Å². The molecular weight excluding hydrogens is 470 g/mol. The second kappa shape index (κ2) is 9.06. The number of nitrogens with zero attached hydrogens (tertiary/aromatic N) is 4. The predicted molar refractivity (Wildman–Crippen MR) is 126 cm³/mol. The van der Waals surface area contributed by atoms with E-state index >= 15 is 8.78 Å². The summed E-state index contributed by atoms with van der Waals surface area (Å²) in [5.74, 6) is -1.81. The lowest BCUT2D eigenvalue weighted by molar-refractivity contribution is -0.119. The van der Waals surface area contributed by atoms with E-state index in [1.807, 2.05) is 4.90 Å². The summed E-state index contributed by atoms with van der Waals surface area (Å²) in [6.07, 6.45) is 3.08. The molecule has 11 heteroatoms. The van der Waals surface area contributed by atoms with Crippen LogP contribution in [0.4, 0.5) is 19.3 Å². The predicted octanol–water partition coefficient (Wildman–Crippen LogP) is 3.50. The molecule has 1 saturated heterocycles. The van der Waals surface area contributed by atoms with E-state index in [9.17, 15) is 9.59 Å². The average molecular weight is 495 g/mol. The molecule has 1 aliphatic carbocycles. The lowest BCUT2D eigenvalue weighted by Crippen LogP contribution is -2.33. The molecule has 2 N–H and O–H groups in total. The molecule has 2 aliphatic rings. The Labute approximate surface area is 205 Å². The highest BCUT2D eigenvalue weighted by Crippen LogP contribution is 2.46. The molecule has 2 fully saturated rings. The number of aromatic amines is 1. The van der Waals surface area contributed by atoms with Crippen LogP contribution in [0.1, 0.15) is 24.6 Å². The van der Waals surface area contributed by atoms with Crippen LogP contribution in [0, 0.1) is 11.6 Å². The Morgan fingerprint density at radius 1 is 1.31 bits per heavy atom. The molecule has 0 radical (unpaired) electrons. The van der Waals surface area contributed by atoms with Crippen molar-refractivity contribution in [1.29, 1.82) is 0 Å². The van der Waals surface area contributed by atoms with Gasteiger partial charge in [-0.15, -0.1) is 0 Å². The summed E-state index contributed by atoms with van der Waals surface area (Å²) in [5.41, 5.74) is 1.08. The minimum Gasteiger partial charge on any atom is -0.438 e. The zero-order valence-electron chi connectivity index (χ0n) is 19.5. The number of anilines is 1. The van der Waals surface area contributed by atoms with Crippen LogP contribution in [0.2, 0.25) is 0 Å². The fourth-order valence-corrected chi connectivity index (χ4v) is 4.49. The largest absolute Gasteiger partial charge is 0.438 e. The third-order valence-corrected chi connectivity index (χ3v) is 6.39. The zero-order valence-corrected chi connectivity index (χ0v) is 19.5. The number of amides is 2. The number of carbonyl (C=O) groups is 2. The van der Waals surface area contributed by atoms with Crippen molar-refractivity contribution >= 4 is 17.7 Å². The number of halogens is 2. The van der Waals surface area contributed by atoms with Gasteiger partial charge in [0.05, 0.1) is 36.6 Å². The molecule has 1 saturated carbocycles. The number of hydrogen-bond acceptors (Lipinski definition) is 6. The van der Waals surface area contributed by atoms with E-state index in [-0.39, 0.29) is 29.7 Å². The van der Waals surface area contributed by atoms with E-state index in [0.29, 0.717) is 25.1 Å². The van der Waals surface area contributed by atoms with Gasteiger partial charge in [-0.2, -0.15) is 15.4 Å². The number of H-pyrrole nitrogens is 1. The van der Waals surface area contributed by atoms with Gasteiger partial charge < -0.3 is 15.0 Å². The van der Waals surface area contributed by atoms with Gasteiger partial charge in [0.25, 0.3) is 0 Å². The fourth-order valence-electron chi connectivity index (χ4n) is 4.49. The molecule has 186 valence electrons. The molecule has 3 aromatic rings. The van der Waals surface area contributed by atoms with Crippen LogP contribution in [0.15, 0.2) is 55.4 Å². The van der Waals surface area contributed by atoms with E-state index < -0.39 is 23.3 Å². The Morgan fingerprint density at radius 3 is 2.64 bits per heavy atom. The van der Waals surface area contributed by atoms with Gasteiger partial charge in [0.15, 0.2) is 5.60 Å². The lowest BCUT2D eigenvalue weighted by atomic mass is 10.0. The standard InChI is InChI=1S/C25H24F2N6O3/c1-3-32(13-18-11-28-31-30-18)12-16-4-6-17(7-5-16)23-20(26)8-19(9-21(23)27)33-14-25(36-24(33)35)10-22(25)29-15(2)34/h3-9,11,22H,1,10,12-14H2,2H3,(H,29,34)(H,28,30,31)/t22-,25?/m1/s1. The summed E-state index contributed by atoms with van der Waals surface area (Å²) in [4.78, 5) is 26.8. The summed E-state index contributed by atoms with van der Waals surface area (Å²) in [7, 11) is 0. The highest BCUT2D eigenvalue weighted by Gasteiger charge is 2.64. The number of rotatable bonds is 8. The van der Waals surface area contributed by atoms with Crippen molar-refractivity contribution in [1.82, 2.24) is 25.6 Å². The lowest BCUT2D eigenvalue weighted by Gasteiger charge is -2.19. The minimum atomic E-state index is -0.850. The third-order valence-electron chi connectivity index (χ3n) is 6.39. The second-order valence-electron chi connectivity index (χ2n) is 9.01. The number of hydrogen-bond donors (Lipinski definition) is 2. The Morgan fingerprint density at radius 2 is 2.03 bits per heavy atom. The summed E-state index contributed by atoms with van der Waals surface area (Å²) in [6.45, 7) is 6.34. The molecule has 9 nitrogen and oxygen atoms in total. The smallest absolute Gasteiger partial charge is 0.415 e. The summed E-state index contributed by atoms with van der Waals surface area (Å²) >= 11 is 0. The molecular formula is C25H24F2N6O3. The van der Waals surface area contributed by atoms with E-state index in [4.69, 9.17) is 4.74 Å². The van der Waals surface area contributed by atoms with Gasteiger partial charge in [-0.3, -0.25) is 9.69 Å². The molecule has 2 heterocycles. The van der Waals surface area contributed by atoms with E-state index in [2.05, 4.69) is 27.3 Å². The van der Waals surface area contributed by atoms with E-state index in [0.717, 1.165) is 23.4 Å². The number of nitrogens with one attached hydrogen (secondary N) is 2. The first kappa shape index (κ1) is 23.5. The Kier molecular flexibility index (Phi) is 5.91. The van der Waals surface area contributed by atoms with Crippen molar-refractivity contribution in [2.75, 3.05) is 11.4 Å². The zero-order chi connectivity index (χ0) is 25.4. The number of benzene rings is 2. The molecule has 2 atom stereocenters. The van der Waals surface area contributed by atoms with Crippen molar-refractivity contribution in [3.63, 3.8) is 0 Å². The number of aromatic nitrogens is 3. The third kappa shape index (κ3) is 4.51. The van der Waals surface area contributed by atoms with Crippen LogP contribution < -0.4 is 10.2 Å². The quantitative estimate of drug-likeness (QED) is 0.497. The summed E-state index contributed by atoms with van der Waals surface area (Å²) < 4.78 is 35.6. The normalized spacial score (nSPS) is 20.4. The first-order valence-corrected chi connectivity index (χ1v) is 11.4. The maximum atomic E-state index is 15.1. The highest BCUT2D eigenvalue weighted by molar-refractivity contribution is 5.91. The average Bonchev–Trinajstić information content (AvgIpc) is 3.14. The van der Waals surface area contributed by atoms with Crippen LogP contribution in [0.25, 0.3) is 11.1 Å². The minimum absolute atomic E-state index is 0.0650. The van der Waals surface area contributed by atoms with E-state index in [1.165, 1.54) is 11.8 Å². The fraction of sp³-hybridized carbons (Fsp3) is 0.280. The van der Waals surface area contributed by atoms with Crippen molar-refractivity contribution < 1.29 is 23.1 Å². The number of carbonyl (C=O) groups excluding carboxylic acids is 2. The monoisotopic (exact) mass is 494 g/mol. The second-order valence-corrected chi connectivity index (χ2v) is 9.01. The first-order chi connectivity index (χ1) is 17.3. The van der Waals surface area contributed by atoms with Gasteiger partial charge >= 0.3 is 6.09 Å². The van der Waals surface area contributed by atoms with Crippen molar-refractivity contribution in [3.8, 4) is 11.1 Å². The molecule has 1 spiro atoms. The molecule has 2 aromatic carbocycles. The Balaban J connectivity index is 1.30. The van der Waals surface area contributed by atoms with Gasteiger partial charge in [0.1, 0.15) is 17.3 Å². The Hall–Kier alpha value is -4.28. The number of ether oxygens (including phenoxy) is 1. The van der Waals surface area contributed by atoms with E-state index in [1.54, 1.807) is 36.7 Å². The van der Waals surface area contributed by atoms with Gasteiger partial charge in [-0.05, 0) is 29.5 Å². The topological polar surface area (TPSA) is 103 Å².